The van der Waals surface area contributed by atoms with Crippen molar-refractivity contribution >= 4 is 5.91 Å². The Bertz CT molecular complexity index is 519. The Morgan fingerprint density at radius 3 is 2.71 bits per heavy atom. The first-order valence-electron chi connectivity index (χ1n) is 7.55. The summed E-state index contributed by atoms with van der Waals surface area (Å²) in [5, 5.41) is 0. The average Bonchev–Trinajstić information content (AvgIpc) is 2.47. The van der Waals surface area contributed by atoms with Crippen LogP contribution in [0.3, 0.4) is 0 Å². The van der Waals surface area contributed by atoms with Gasteiger partial charge in [0, 0.05) is 12.0 Å². The maximum Gasteiger partial charge on any atom is 0.217 e. The molecular formula is C18H23NO2. The van der Waals surface area contributed by atoms with Gasteiger partial charge in [0.2, 0.25) is 5.91 Å². The van der Waals surface area contributed by atoms with Crippen LogP contribution in [0.15, 0.2) is 54.3 Å². The summed E-state index contributed by atoms with van der Waals surface area (Å²) >= 11 is 0. The fourth-order valence-electron chi connectivity index (χ4n) is 2.53. The van der Waals surface area contributed by atoms with Crippen molar-refractivity contribution in [2.24, 2.45) is 5.73 Å². The highest BCUT2D eigenvalue weighted by Crippen LogP contribution is 2.33. The molecule has 1 aromatic carbocycles. The van der Waals surface area contributed by atoms with Gasteiger partial charge >= 0.3 is 0 Å². The van der Waals surface area contributed by atoms with E-state index in [1.807, 2.05) is 6.07 Å². The summed E-state index contributed by atoms with van der Waals surface area (Å²) in [5.41, 5.74) is 7.68. The molecule has 3 nitrogen and oxygen atoms in total. The lowest BCUT2D eigenvalue weighted by Gasteiger charge is -2.34. The lowest BCUT2D eigenvalue weighted by Crippen LogP contribution is -2.28. The summed E-state index contributed by atoms with van der Waals surface area (Å²) in [6, 6.07) is 10.4. The Morgan fingerprint density at radius 2 is 2.05 bits per heavy atom. The molecule has 0 aromatic heterocycles. The summed E-state index contributed by atoms with van der Waals surface area (Å²) in [6.07, 6.45) is 7.61. The lowest BCUT2D eigenvalue weighted by atomic mass is 9.94. The zero-order valence-electron chi connectivity index (χ0n) is 12.4. The minimum atomic E-state index is -0.222. The number of carbonyl (C=O) groups excluding carboxylic acids is 1. The van der Waals surface area contributed by atoms with Crippen LogP contribution in [0.4, 0.5) is 0 Å². The maximum absolute atomic E-state index is 10.7. The van der Waals surface area contributed by atoms with Crippen molar-refractivity contribution in [1.29, 1.82) is 0 Å². The summed E-state index contributed by atoms with van der Waals surface area (Å²) in [5.74, 6) is 0.572. The monoisotopic (exact) mass is 285 g/mol. The number of hydrogen-bond acceptors (Lipinski definition) is 2. The number of ether oxygens (including phenoxy) is 1. The summed E-state index contributed by atoms with van der Waals surface area (Å²) in [4.78, 5) is 10.7. The Morgan fingerprint density at radius 1 is 1.29 bits per heavy atom. The van der Waals surface area contributed by atoms with Crippen LogP contribution in [0.25, 0.3) is 0 Å². The van der Waals surface area contributed by atoms with Crippen LogP contribution in [0, 0.1) is 0 Å². The molecule has 0 saturated carbocycles. The maximum atomic E-state index is 10.7. The highest BCUT2D eigenvalue weighted by Gasteiger charge is 2.29. The summed E-state index contributed by atoms with van der Waals surface area (Å²) < 4.78 is 5.63. The van der Waals surface area contributed by atoms with Crippen LogP contribution in [-0.4, -0.2) is 12.0 Å². The number of hydrogen-bond donors (Lipinski definition) is 1. The first-order chi connectivity index (χ1) is 10.2. The molecule has 2 rings (SSSR count). The molecule has 0 radical (unpaired) electrons. The van der Waals surface area contributed by atoms with Gasteiger partial charge in [0.15, 0.2) is 0 Å². The van der Waals surface area contributed by atoms with E-state index < -0.39 is 0 Å². The molecule has 0 spiro atoms. The van der Waals surface area contributed by atoms with Crippen molar-refractivity contribution < 1.29 is 9.53 Å². The van der Waals surface area contributed by atoms with Crippen LogP contribution in [-0.2, 0) is 16.0 Å². The second-order valence-electron chi connectivity index (χ2n) is 5.43. The van der Waals surface area contributed by atoms with Gasteiger partial charge in [-0.2, -0.15) is 0 Å². The molecule has 1 saturated heterocycles. The number of amides is 1. The normalized spacial score (nSPS) is 19.1. The average molecular weight is 285 g/mol. The summed E-state index contributed by atoms with van der Waals surface area (Å²) in [6.45, 7) is 3.91. The van der Waals surface area contributed by atoms with E-state index in [9.17, 15) is 4.79 Å². The van der Waals surface area contributed by atoms with Gasteiger partial charge in [-0.3, -0.25) is 4.79 Å². The number of carbonyl (C=O) groups is 1. The molecule has 0 aliphatic carbocycles. The largest absolute Gasteiger partial charge is 0.486 e. The molecular weight excluding hydrogens is 262 g/mol. The minimum absolute atomic E-state index is 0.175. The van der Waals surface area contributed by atoms with Crippen LogP contribution in [0.2, 0.25) is 0 Å². The van der Waals surface area contributed by atoms with Crippen molar-refractivity contribution in [2.45, 2.75) is 44.6 Å². The van der Waals surface area contributed by atoms with Gasteiger partial charge in [0.25, 0.3) is 0 Å². The fraction of sp³-hybridized carbons (Fsp3) is 0.389. The lowest BCUT2D eigenvalue weighted by molar-refractivity contribution is -0.118. The van der Waals surface area contributed by atoms with Gasteiger partial charge in [-0.1, -0.05) is 43.0 Å². The Balaban J connectivity index is 1.74. The summed E-state index contributed by atoms with van der Waals surface area (Å²) in [7, 11) is 0. The van der Waals surface area contributed by atoms with Crippen LogP contribution in [0.5, 0.6) is 0 Å². The van der Waals surface area contributed by atoms with Gasteiger partial charge < -0.3 is 10.5 Å². The second kappa shape index (κ2) is 7.67. The molecule has 112 valence electrons. The van der Waals surface area contributed by atoms with E-state index in [0.717, 1.165) is 37.9 Å². The SMILES string of the molecule is C=C1OC(CCc2ccccc2)C1=CCCCCC(N)=O. The fourth-order valence-corrected chi connectivity index (χ4v) is 2.53. The number of nitrogens with two attached hydrogens (primary N) is 1. The predicted octanol–water partition coefficient (Wildman–Crippen LogP) is 3.50. The third kappa shape index (κ3) is 4.78. The molecule has 1 aliphatic rings. The van der Waals surface area contributed by atoms with E-state index in [1.54, 1.807) is 0 Å². The number of allylic oxidation sites excluding steroid dienone is 1. The molecule has 1 aliphatic heterocycles. The third-order valence-corrected chi connectivity index (χ3v) is 3.73. The van der Waals surface area contributed by atoms with Crippen molar-refractivity contribution in [3.63, 3.8) is 0 Å². The molecule has 1 unspecified atom stereocenters. The van der Waals surface area contributed by atoms with E-state index in [-0.39, 0.29) is 12.0 Å². The standard InChI is InChI=1S/C18H23NO2/c1-14-16(10-6-3-7-11-18(19)20)17(21-14)13-12-15-8-4-2-5-9-15/h2,4-5,8-10,17H,1,3,6-7,11-13H2,(H2,19,20). The third-order valence-electron chi connectivity index (χ3n) is 3.73. The van der Waals surface area contributed by atoms with Gasteiger partial charge in [0.05, 0.1) is 0 Å². The molecule has 1 aromatic rings. The molecule has 21 heavy (non-hydrogen) atoms. The Labute approximate surface area is 126 Å². The van der Waals surface area contributed by atoms with Crippen LogP contribution in [0.1, 0.15) is 37.7 Å². The molecule has 1 fully saturated rings. The second-order valence-corrected chi connectivity index (χ2v) is 5.43. The highest BCUT2D eigenvalue weighted by atomic mass is 16.5. The smallest absolute Gasteiger partial charge is 0.217 e. The first-order valence-corrected chi connectivity index (χ1v) is 7.55. The minimum Gasteiger partial charge on any atom is -0.486 e. The van der Waals surface area contributed by atoms with Crippen molar-refractivity contribution in [1.82, 2.24) is 0 Å². The molecule has 3 heteroatoms. The molecule has 2 N–H and O–H groups in total. The molecule has 1 heterocycles. The van der Waals surface area contributed by atoms with E-state index >= 15 is 0 Å². The van der Waals surface area contributed by atoms with Gasteiger partial charge in [-0.05, 0) is 37.7 Å². The number of benzene rings is 1. The zero-order chi connectivity index (χ0) is 15.1. The molecule has 1 atom stereocenters. The topological polar surface area (TPSA) is 52.3 Å². The number of rotatable bonds is 8. The molecule has 0 bridgehead atoms. The zero-order valence-corrected chi connectivity index (χ0v) is 12.4. The van der Waals surface area contributed by atoms with E-state index in [1.165, 1.54) is 11.1 Å². The van der Waals surface area contributed by atoms with Crippen LogP contribution >= 0.6 is 0 Å². The highest BCUT2D eigenvalue weighted by molar-refractivity contribution is 5.73. The number of aryl methyl sites for hydroxylation is 1. The van der Waals surface area contributed by atoms with Crippen molar-refractivity contribution in [3.8, 4) is 0 Å². The van der Waals surface area contributed by atoms with Gasteiger partial charge in [0.1, 0.15) is 11.9 Å². The molecule has 1 amide bonds. The first kappa shape index (κ1) is 15.4. The van der Waals surface area contributed by atoms with Gasteiger partial charge in [-0.25, -0.2) is 0 Å². The van der Waals surface area contributed by atoms with E-state index in [4.69, 9.17) is 10.5 Å². The predicted molar refractivity (Wildman–Crippen MR) is 84.5 cm³/mol. The van der Waals surface area contributed by atoms with E-state index in [2.05, 4.69) is 36.9 Å². The van der Waals surface area contributed by atoms with Gasteiger partial charge in [-0.15, -0.1) is 0 Å². The Hall–Kier alpha value is -2.03. The number of primary amides is 1. The quantitative estimate of drug-likeness (QED) is 0.743. The Kier molecular flexibility index (Phi) is 5.61. The van der Waals surface area contributed by atoms with E-state index in [0.29, 0.717) is 6.42 Å². The number of unbranched alkanes of at least 4 members (excludes halogenated alkanes) is 2. The van der Waals surface area contributed by atoms with Crippen LogP contribution < -0.4 is 5.73 Å². The van der Waals surface area contributed by atoms with Crippen molar-refractivity contribution in [3.05, 3.63) is 59.9 Å². The van der Waals surface area contributed by atoms with Crippen molar-refractivity contribution in [2.75, 3.05) is 0 Å².